The molecule has 0 unspecified atom stereocenters. The molecule has 1 aromatic heterocycles. The first-order valence-electron chi connectivity index (χ1n) is 21.5. The summed E-state index contributed by atoms with van der Waals surface area (Å²) < 4.78 is 0. The van der Waals surface area contributed by atoms with Crippen LogP contribution in [0.1, 0.15) is 87.1 Å². The molecule has 21 heteroatoms. The van der Waals surface area contributed by atoms with E-state index in [-0.39, 0.29) is 42.8 Å². The lowest BCUT2D eigenvalue weighted by molar-refractivity contribution is -0.141. The summed E-state index contributed by atoms with van der Waals surface area (Å²) in [7, 11) is 0. The molecule has 64 heavy (non-hydrogen) atoms. The number of thiol groups is 1. The number of fused-ring (bicyclic) bond motifs is 1. The van der Waals surface area contributed by atoms with Gasteiger partial charge < -0.3 is 58.4 Å². The van der Waals surface area contributed by atoms with Crippen LogP contribution in [0.3, 0.4) is 0 Å². The van der Waals surface area contributed by atoms with Crippen LogP contribution < -0.4 is 48.3 Å². The van der Waals surface area contributed by atoms with E-state index in [4.69, 9.17) is 10.8 Å². The summed E-state index contributed by atoms with van der Waals surface area (Å²) in [6.45, 7) is 14.6. The van der Waals surface area contributed by atoms with Crippen molar-refractivity contribution in [3.8, 4) is 0 Å². The SMILES string of the molecule is CC(C)C[C@H](NC(=O)[C@H](C)NC(=O)[C@H](CS)NC(=O)CNC(=O)[C@H](Cc1c[nH]c2ccccc12)NC(=O)[C@H](CC(C)C)NC(=O)[C@@H](N)CC(C)C)C(=O)N[C@@H](C)C(=O)N[C@@H](C)C(=O)O. The van der Waals surface area contributed by atoms with Gasteiger partial charge in [-0.25, -0.2) is 0 Å². The summed E-state index contributed by atoms with van der Waals surface area (Å²) in [5, 5.41) is 30.2. The average molecular weight is 917 g/mol. The molecule has 0 aliphatic rings. The van der Waals surface area contributed by atoms with Crippen molar-refractivity contribution in [2.75, 3.05) is 12.3 Å². The summed E-state index contributed by atoms with van der Waals surface area (Å²) in [6.07, 6.45) is 2.55. The third kappa shape index (κ3) is 18.2. The average Bonchev–Trinajstić information content (AvgIpc) is 3.62. The first kappa shape index (κ1) is 54.4. The molecule has 0 saturated heterocycles. The summed E-state index contributed by atoms with van der Waals surface area (Å²) in [6, 6.07) is -1.61. The monoisotopic (exact) mass is 916 g/mol. The predicted octanol–water partition coefficient (Wildman–Crippen LogP) is -0.240. The zero-order valence-electron chi connectivity index (χ0n) is 38.1. The van der Waals surface area contributed by atoms with E-state index in [0.29, 0.717) is 12.0 Å². The number of carboxylic acid groups (broad SMARTS) is 1. The second kappa shape index (κ2) is 26.2. The fraction of sp³-hybridized carbons (Fsp3) is 0.605. The quantitative estimate of drug-likeness (QED) is 0.0547. The molecule has 8 amide bonds. The Morgan fingerprint density at radius 1 is 0.578 bits per heavy atom. The molecule has 0 spiro atoms. The molecule has 0 saturated carbocycles. The van der Waals surface area contributed by atoms with E-state index in [1.54, 1.807) is 6.20 Å². The van der Waals surface area contributed by atoms with Crippen molar-refractivity contribution in [3.05, 3.63) is 36.0 Å². The molecule has 0 aliphatic carbocycles. The van der Waals surface area contributed by atoms with Gasteiger partial charge in [0.15, 0.2) is 0 Å². The maximum atomic E-state index is 13.8. The fourth-order valence-corrected chi connectivity index (χ4v) is 6.74. The number of aliphatic carboxylic acids is 1. The number of hydrogen-bond donors (Lipinski definition) is 12. The number of amides is 8. The standard InChI is InChI=1S/C43H68N10O10S/c1-21(2)14-29(44)38(57)52-32(16-23(5)6)41(60)53-33(17-27-18-45-30-13-11-10-12-28(27)30)39(58)46-19-35(54)50-34(20-64)42(61)48-25(8)37(56)51-31(15-22(3)4)40(59)47-24(7)36(55)49-26(9)43(62)63/h10-13,18,21-26,29,31-34,45,64H,14-17,19-20,44H2,1-9H3,(H,46,58)(H,47,59)(H,48,61)(H,49,55)(H,50,54)(H,51,56)(H,52,57)(H,53,60)(H,62,63)/t24-,25-,26-,29-,31-,32-,33-,34-/m0/s1. The number of carboxylic acids is 1. The van der Waals surface area contributed by atoms with E-state index >= 15 is 0 Å². The Morgan fingerprint density at radius 2 is 1.05 bits per heavy atom. The number of carbonyl (C=O) groups excluding carboxylic acids is 8. The van der Waals surface area contributed by atoms with Gasteiger partial charge in [-0.2, -0.15) is 12.6 Å². The number of nitrogens with one attached hydrogen (secondary N) is 9. The van der Waals surface area contributed by atoms with Crippen molar-refractivity contribution in [3.63, 3.8) is 0 Å². The topological polar surface area (TPSA) is 312 Å². The van der Waals surface area contributed by atoms with Crippen LogP contribution in [0.4, 0.5) is 0 Å². The number of aromatic nitrogens is 1. The first-order valence-corrected chi connectivity index (χ1v) is 22.1. The van der Waals surface area contributed by atoms with Gasteiger partial charge in [0.1, 0.15) is 42.3 Å². The summed E-state index contributed by atoms with van der Waals surface area (Å²) in [4.78, 5) is 120. The van der Waals surface area contributed by atoms with Crippen LogP contribution >= 0.6 is 12.6 Å². The van der Waals surface area contributed by atoms with Gasteiger partial charge in [0.2, 0.25) is 47.3 Å². The minimum atomic E-state index is -1.27. The third-order valence-electron chi connectivity index (χ3n) is 9.96. The Kier molecular flexibility index (Phi) is 22.3. The second-order valence-electron chi connectivity index (χ2n) is 17.3. The van der Waals surface area contributed by atoms with Crippen LogP contribution in [0.25, 0.3) is 10.9 Å². The second-order valence-corrected chi connectivity index (χ2v) is 17.7. The Bertz CT molecular complexity index is 1960. The van der Waals surface area contributed by atoms with Gasteiger partial charge in [-0.3, -0.25) is 43.2 Å². The minimum Gasteiger partial charge on any atom is -0.480 e. The van der Waals surface area contributed by atoms with Crippen LogP contribution in [-0.4, -0.2) is 124 Å². The lowest BCUT2D eigenvalue weighted by atomic mass is 9.99. The Hall–Kier alpha value is -5.70. The lowest BCUT2D eigenvalue weighted by Crippen LogP contribution is -2.58. The molecule has 20 nitrogen and oxygen atoms in total. The molecule has 356 valence electrons. The van der Waals surface area contributed by atoms with Crippen LogP contribution in [0.15, 0.2) is 30.5 Å². The molecular weight excluding hydrogens is 849 g/mol. The van der Waals surface area contributed by atoms with E-state index in [9.17, 15) is 43.2 Å². The predicted molar refractivity (Wildman–Crippen MR) is 243 cm³/mol. The molecule has 0 fully saturated rings. The number of rotatable bonds is 26. The third-order valence-corrected chi connectivity index (χ3v) is 10.3. The van der Waals surface area contributed by atoms with Crippen molar-refractivity contribution in [2.24, 2.45) is 23.5 Å². The number of carbonyl (C=O) groups is 9. The highest BCUT2D eigenvalue weighted by Crippen LogP contribution is 2.20. The molecule has 0 aliphatic heterocycles. The van der Waals surface area contributed by atoms with Gasteiger partial charge in [-0.1, -0.05) is 59.7 Å². The van der Waals surface area contributed by atoms with Crippen molar-refractivity contribution in [1.29, 1.82) is 0 Å². The number of nitrogens with two attached hydrogens (primary N) is 1. The molecule has 12 N–H and O–H groups in total. The highest BCUT2D eigenvalue weighted by Gasteiger charge is 2.32. The van der Waals surface area contributed by atoms with Crippen LogP contribution in [-0.2, 0) is 49.6 Å². The molecule has 8 atom stereocenters. The van der Waals surface area contributed by atoms with Gasteiger partial charge in [0.05, 0.1) is 12.6 Å². The van der Waals surface area contributed by atoms with E-state index in [2.05, 4.69) is 60.1 Å². The van der Waals surface area contributed by atoms with Crippen LogP contribution in [0.5, 0.6) is 0 Å². The van der Waals surface area contributed by atoms with Gasteiger partial charge in [-0.15, -0.1) is 0 Å². The molecule has 2 rings (SSSR count). The van der Waals surface area contributed by atoms with E-state index in [1.165, 1.54) is 20.8 Å². The summed E-state index contributed by atoms with van der Waals surface area (Å²) in [5.41, 5.74) is 7.61. The summed E-state index contributed by atoms with van der Waals surface area (Å²) in [5.74, 6) is -7.05. The largest absolute Gasteiger partial charge is 0.480 e. The van der Waals surface area contributed by atoms with E-state index in [1.807, 2.05) is 65.8 Å². The smallest absolute Gasteiger partial charge is 0.325 e. The Morgan fingerprint density at radius 3 is 1.58 bits per heavy atom. The molecule has 1 aromatic carbocycles. The van der Waals surface area contributed by atoms with Crippen LogP contribution in [0.2, 0.25) is 0 Å². The van der Waals surface area contributed by atoms with Crippen molar-refractivity contribution < 1.29 is 48.3 Å². The maximum Gasteiger partial charge on any atom is 0.325 e. The number of benzene rings is 1. The first-order chi connectivity index (χ1) is 29.9. The number of aromatic amines is 1. The number of H-pyrrole nitrogens is 1. The van der Waals surface area contributed by atoms with Gasteiger partial charge in [0.25, 0.3) is 0 Å². The fourth-order valence-electron chi connectivity index (χ4n) is 6.49. The maximum absolute atomic E-state index is 13.8. The van der Waals surface area contributed by atoms with Crippen molar-refractivity contribution in [2.45, 2.75) is 136 Å². The molecule has 2 aromatic rings. The number of hydrogen-bond acceptors (Lipinski definition) is 11. The minimum absolute atomic E-state index is 0.0140. The normalized spacial score (nSPS) is 15.1. The summed E-state index contributed by atoms with van der Waals surface area (Å²) >= 11 is 4.19. The molecule has 0 radical (unpaired) electrons. The van der Waals surface area contributed by atoms with Crippen LogP contribution in [0, 0.1) is 17.8 Å². The lowest BCUT2D eigenvalue weighted by Gasteiger charge is -2.26. The zero-order chi connectivity index (χ0) is 48.4. The molecule has 1 heterocycles. The van der Waals surface area contributed by atoms with Crippen molar-refractivity contribution in [1.82, 2.24) is 47.5 Å². The Labute approximate surface area is 379 Å². The van der Waals surface area contributed by atoms with Gasteiger partial charge in [-0.05, 0) is 69.4 Å². The zero-order valence-corrected chi connectivity index (χ0v) is 39.0. The molecular formula is C43H68N10O10S. The highest BCUT2D eigenvalue weighted by atomic mass is 32.1. The van der Waals surface area contributed by atoms with Gasteiger partial charge >= 0.3 is 5.97 Å². The van der Waals surface area contributed by atoms with Gasteiger partial charge in [0, 0.05) is 29.3 Å². The molecule has 0 bridgehead atoms. The number of para-hydroxylation sites is 1. The van der Waals surface area contributed by atoms with E-state index in [0.717, 1.165) is 10.9 Å². The highest BCUT2D eigenvalue weighted by molar-refractivity contribution is 7.80. The van der Waals surface area contributed by atoms with E-state index < -0.39 is 108 Å². The Balaban J connectivity index is 2.14. The van der Waals surface area contributed by atoms with Crippen molar-refractivity contribution >= 4 is 76.8 Å².